The first-order chi connectivity index (χ1) is 17.3. The van der Waals surface area contributed by atoms with Crippen molar-refractivity contribution in [3.8, 4) is 5.69 Å². The van der Waals surface area contributed by atoms with Crippen LogP contribution in [-0.4, -0.2) is 39.6 Å². The van der Waals surface area contributed by atoms with E-state index in [1.165, 1.54) is 0 Å². The predicted octanol–water partition coefficient (Wildman–Crippen LogP) is 5.94. The fourth-order valence-electron chi connectivity index (χ4n) is 4.59. The molecular formula is C28H32Cl2N4O2. The molecular weight excluding hydrogens is 495 g/mol. The fraction of sp³-hybridized carbons (Fsp3) is 0.393. The van der Waals surface area contributed by atoms with Crippen LogP contribution in [0.5, 0.6) is 0 Å². The minimum absolute atomic E-state index is 0.0175. The van der Waals surface area contributed by atoms with Crippen molar-refractivity contribution < 1.29 is 9.59 Å². The molecule has 2 amide bonds. The molecule has 0 spiro atoms. The van der Waals surface area contributed by atoms with Crippen molar-refractivity contribution >= 4 is 35.0 Å². The molecule has 1 aromatic heterocycles. The monoisotopic (exact) mass is 526 g/mol. The van der Waals surface area contributed by atoms with Crippen LogP contribution in [0.25, 0.3) is 5.69 Å². The second kappa shape index (κ2) is 11.9. The van der Waals surface area contributed by atoms with Crippen LogP contribution in [0.2, 0.25) is 10.0 Å². The van der Waals surface area contributed by atoms with Gasteiger partial charge in [-0.2, -0.15) is 5.10 Å². The van der Waals surface area contributed by atoms with Gasteiger partial charge in [0.15, 0.2) is 0 Å². The van der Waals surface area contributed by atoms with E-state index in [-0.39, 0.29) is 17.7 Å². The Morgan fingerprint density at radius 1 is 1.03 bits per heavy atom. The lowest BCUT2D eigenvalue weighted by Crippen LogP contribution is -2.39. The Morgan fingerprint density at radius 3 is 2.42 bits per heavy atom. The van der Waals surface area contributed by atoms with Gasteiger partial charge in [-0.1, -0.05) is 55.2 Å². The zero-order chi connectivity index (χ0) is 25.7. The number of hydrogen-bond acceptors (Lipinski definition) is 3. The highest BCUT2D eigenvalue weighted by Crippen LogP contribution is 2.26. The maximum atomic E-state index is 12.8. The van der Waals surface area contributed by atoms with Crippen molar-refractivity contribution in [2.75, 3.05) is 13.1 Å². The molecule has 1 aliphatic rings. The van der Waals surface area contributed by atoms with Crippen molar-refractivity contribution in [1.82, 2.24) is 20.0 Å². The Balaban J connectivity index is 1.28. The topological polar surface area (TPSA) is 67.2 Å². The normalized spacial score (nSPS) is 14.3. The largest absolute Gasteiger partial charge is 0.350 e. The Bertz CT molecular complexity index is 1200. The first-order valence-corrected chi connectivity index (χ1v) is 13.2. The van der Waals surface area contributed by atoms with Gasteiger partial charge in [-0.25, -0.2) is 4.68 Å². The number of benzene rings is 2. The summed E-state index contributed by atoms with van der Waals surface area (Å²) < 4.78 is 1.97. The van der Waals surface area contributed by atoms with Crippen LogP contribution in [0.1, 0.15) is 54.9 Å². The third-order valence-corrected chi connectivity index (χ3v) is 7.20. The van der Waals surface area contributed by atoms with E-state index in [1.807, 2.05) is 39.9 Å². The zero-order valence-corrected chi connectivity index (χ0v) is 22.2. The summed E-state index contributed by atoms with van der Waals surface area (Å²) in [6.07, 6.45) is 2.95. The van der Waals surface area contributed by atoms with E-state index in [0.717, 1.165) is 36.3 Å². The van der Waals surface area contributed by atoms with Gasteiger partial charge in [0.1, 0.15) is 0 Å². The van der Waals surface area contributed by atoms with E-state index in [2.05, 4.69) is 25.2 Å². The van der Waals surface area contributed by atoms with Crippen LogP contribution >= 0.6 is 23.2 Å². The molecule has 0 aliphatic carbocycles. The average molecular weight is 527 g/mol. The molecule has 2 aromatic carbocycles. The molecule has 8 heteroatoms. The summed E-state index contributed by atoms with van der Waals surface area (Å²) in [6, 6.07) is 17.1. The van der Waals surface area contributed by atoms with Crippen LogP contribution in [0.15, 0.2) is 54.6 Å². The number of nitrogens with one attached hydrogen (secondary N) is 1. The number of para-hydroxylation sites is 1. The summed E-state index contributed by atoms with van der Waals surface area (Å²) in [5.41, 5.74) is 3.55. The van der Waals surface area contributed by atoms with Gasteiger partial charge in [0.05, 0.1) is 28.0 Å². The average Bonchev–Trinajstić information content (AvgIpc) is 3.27. The summed E-state index contributed by atoms with van der Waals surface area (Å²) >= 11 is 12.0. The van der Waals surface area contributed by atoms with Gasteiger partial charge in [0.2, 0.25) is 5.91 Å². The van der Waals surface area contributed by atoms with Crippen molar-refractivity contribution in [3.05, 3.63) is 81.6 Å². The van der Waals surface area contributed by atoms with Crippen LogP contribution in [0.3, 0.4) is 0 Å². The molecule has 1 fully saturated rings. The van der Waals surface area contributed by atoms with Gasteiger partial charge >= 0.3 is 0 Å². The summed E-state index contributed by atoms with van der Waals surface area (Å²) in [4.78, 5) is 27.3. The SMILES string of the molecule is CC(C)Cc1cc(CNC(=O)CC2CCN(C(=O)c3ccc(Cl)c(Cl)c3)CC2)nn1-c1ccccc1. The second-order valence-electron chi connectivity index (χ2n) is 9.82. The third kappa shape index (κ3) is 6.68. The van der Waals surface area contributed by atoms with E-state index in [4.69, 9.17) is 28.3 Å². The van der Waals surface area contributed by atoms with Crippen LogP contribution in [0.4, 0.5) is 0 Å². The van der Waals surface area contributed by atoms with Crippen LogP contribution < -0.4 is 5.32 Å². The van der Waals surface area contributed by atoms with E-state index in [9.17, 15) is 9.59 Å². The number of aromatic nitrogens is 2. The third-order valence-electron chi connectivity index (χ3n) is 6.46. The quantitative estimate of drug-likeness (QED) is 0.395. The van der Waals surface area contributed by atoms with Gasteiger partial charge in [-0.3, -0.25) is 9.59 Å². The number of piperidine rings is 1. The lowest BCUT2D eigenvalue weighted by Gasteiger charge is -2.32. The number of rotatable bonds is 8. The Labute approximate surface area is 222 Å². The molecule has 1 saturated heterocycles. The van der Waals surface area contributed by atoms with Gasteiger partial charge in [0.25, 0.3) is 5.91 Å². The first kappa shape index (κ1) is 26.2. The summed E-state index contributed by atoms with van der Waals surface area (Å²) in [6.45, 7) is 6.02. The fourth-order valence-corrected chi connectivity index (χ4v) is 4.89. The van der Waals surface area contributed by atoms with Gasteiger partial charge in [-0.15, -0.1) is 0 Å². The van der Waals surface area contributed by atoms with Gasteiger partial charge < -0.3 is 10.2 Å². The standard InChI is InChI=1S/C28H32Cl2N4O2/c1-19(2)14-24-17-22(32-34(24)23-6-4-3-5-7-23)18-31-27(35)15-20-10-12-33(13-11-20)28(36)21-8-9-25(29)26(30)16-21/h3-9,16-17,19-20H,10-15,18H2,1-2H3,(H,31,35). The molecule has 1 N–H and O–H groups in total. The number of carbonyl (C=O) groups is 2. The molecule has 3 aromatic rings. The Morgan fingerprint density at radius 2 is 1.75 bits per heavy atom. The van der Waals surface area contributed by atoms with E-state index in [0.29, 0.717) is 47.6 Å². The molecule has 4 rings (SSSR count). The van der Waals surface area contributed by atoms with Crippen molar-refractivity contribution in [2.24, 2.45) is 11.8 Å². The maximum absolute atomic E-state index is 12.8. The lowest BCUT2D eigenvalue weighted by atomic mass is 9.93. The molecule has 1 aliphatic heterocycles. The maximum Gasteiger partial charge on any atom is 0.253 e. The number of halogens is 2. The molecule has 0 bridgehead atoms. The molecule has 0 unspecified atom stereocenters. The number of amides is 2. The first-order valence-electron chi connectivity index (χ1n) is 12.4. The summed E-state index contributed by atoms with van der Waals surface area (Å²) in [5.74, 6) is 0.717. The molecule has 6 nitrogen and oxygen atoms in total. The number of likely N-dealkylation sites (tertiary alicyclic amines) is 1. The molecule has 190 valence electrons. The molecule has 0 atom stereocenters. The Hall–Kier alpha value is -2.83. The minimum atomic E-state index is -0.0531. The highest BCUT2D eigenvalue weighted by molar-refractivity contribution is 6.42. The lowest BCUT2D eigenvalue weighted by molar-refractivity contribution is -0.122. The number of nitrogens with zero attached hydrogens (tertiary/aromatic N) is 3. The van der Waals surface area contributed by atoms with Crippen molar-refractivity contribution in [3.63, 3.8) is 0 Å². The summed E-state index contributed by atoms with van der Waals surface area (Å²) in [5, 5.41) is 8.61. The van der Waals surface area contributed by atoms with Gasteiger partial charge in [-0.05, 0) is 67.5 Å². The van der Waals surface area contributed by atoms with E-state index < -0.39 is 0 Å². The van der Waals surface area contributed by atoms with E-state index in [1.54, 1.807) is 18.2 Å². The highest BCUT2D eigenvalue weighted by Gasteiger charge is 2.25. The smallest absolute Gasteiger partial charge is 0.253 e. The predicted molar refractivity (Wildman–Crippen MR) is 144 cm³/mol. The van der Waals surface area contributed by atoms with Crippen LogP contribution in [-0.2, 0) is 17.8 Å². The summed E-state index contributed by atoms with van der Waals surface area (Å²) in [7, 11) is 0. The van der Waals surface area contributed by atoms with Gasteiger partial charge in [0, 0.05) is 30.8 Å². The zero-order valence-electron chi connectivity index (χ0n) is 20.7. The minimum Gasteiger partial charge on any atom is -0.350 e. The van der Waals surface area contributed by atoms with E-state index >= 15 is 0 Å². The second-order valence-corrected chi connectivity index (χ2v) is 10.6. The highest BCUT2D eigenvalue weighted by atomic mass is 35.5. The number of carbonyl (C=O) groups excluding carboxylic acids is 2. The molecule has 2 heterocycles. The number of hydrogen-bond donors (Lipinski definition) is 1. The van der Waals surface area contributed by atoms with Crippen molar-refractivity contribution in [1.29, 1.82) is 0 Å². The molecule has 36 heavy (non-hydrogen) atoms. The van der Waals surface area contributed by atoms with Crippen molar-refractivity contribution in [2.45, 2.75) is 46.1 Å². The molecule has 0 radical (unpaired) electrons. The Kier molecular flexibility index (Phi) is 8.70. The molecule has 0 saturated carbocycles. The van der Waals surface area contributed by atoms with Crippen LogP contribution in [0, 0.1) is 11.8 Å².